The van der Waals surface area contributed by atoms with Crippen LogP contribution in [0.25, 0.3) is 10.1 Å². The molecule has 19 heavy (non-hydrogen) atoms. The predicted molar refractivity (Wildman–Crippen MR) is 77.1 cm³/mol. The van der Waals surface area contributed by atoms with E-state index >= 15 is 0 Å². The highest BCUT2D eigenvalue weighted by Crippen LogP contribution is 2.31. The molecule has 2 aromatic rings. The van der Waals surface area contributed by atoms with Crippen LogP contribution in [0.1, 0.15) is 29.1 Å². The average molecular weight is 280 g/mol. The molecule has 1 aromatic carbocycles. The first kappa shape index (κ1) is 14.0. The number of benzene rings is 1. The lowest BCUT2D eigenvalue weighted by Crippen LogP contribution is -2.45. The number of rotatable bonds is 3. The van der Waals surface area contributed by atoms with Gasteiger partial charge in [-0.2, -0.15) is 0 Å². The summed E-state index contributed by atoms with van der Waals surface area (Å²) in [6.45, 7) is 5.93. The Hall–Kier alpha value is -1.46. The molecule has 2 rings (SSSR count). The average Bonchev–Trinajstić information content (AvgIpc) is 2.63. The van der Waals surface area contributed by atoms with E-state index in [1.165, 1.54) is 23.5 Å². The second-order valence-corrected chi connectivity index (χ2v) is 6.42. The van der Waals surface area contributed by atoms with Gasteiger partial charge in [0.2, 0.25) is 0 Å². The van der Waals surface area contributed by atoms with Crippen molar-refractivity contribution >= 4 is 27.3 Å². The molecule has 102 valence electrons. The van der Waals surface area contributed by atoms with E-state index in [-0.39, 0.29) is 11.7 Å². The zero-order chi connectivity index (χ0) is 14.2. The highest BCUT2D eigenvalue weighted by molar-refractivity contribution is 7.21. The summed E-state index contributed by atoms with van der Waals surface area (Å²) in [5.74, 6) is -0.443. The van der Waals surface area contributed by atoms with Gasteiger partial charge in [0.1, 0.15) is 5.82 Å². The van der Waals surface area contributed by atoms with Crippen molar-refractivity contribution in [1.29, 1.82) is 0 Å². The maximum absolute atomic E-state index is 13.2. The molecule has 0 saturated carbocycles. The van der Waals surface area contributed by atoms with Gasteiger partial charge in [-0.05, 0) is 49.9 Å². The molecule has 0 aliphatic rings. The molecular formula is C14H17FN2OS. The van der Waals surface area contributed by atoms with Gasteiger partial charge in [0.25, 0.3) is 5.91 Å². The standard InChI is InChI=1S/C14H17FN2OS/c1-8-10-6-9(15)4-5-11(10)19-12(8)13(18)17-7-14(2,3)16/h4-6H,7,16H2,1-3H3,(H,17,18). The van der Waals surface area contributed by atoms with Gasteiger partial charge in [0.15, 0.2) is 0 Å². The molecule has 5 heteroatoms. The maximum atomic E-state index is 13.2. The van der Waals surface area contributed by atoms with Crippen molar-refractivity contribution in [2.45, 2.75) is 26.3 Å². The Balaban J connectivity index is 2.30. The van der Waals surface area contributed by atoms with Crippen LogP contribution in [0.5, 0.6) is 0 Å². The van der Waals surface area contributed by atoms with Crippen molar-refractivity contribution in [2.75, 3.05) is 6.54 Å². The van der Waals surface area contributed by atoms with Crippen molar-refractivity contribution in [3.63, 3.8) is 0 Å². The first-order chi connectivity index (χ1) is 8.78. The number of hydrogen-bond donors (Lipinski definition) is 2. The minimum Gasteiger partial charge on any atom is -0.350 e. The number of thiophene rings is 1. The zero-order valence-corrected chi connectivity index (χ0v) is 12.0. The van der Waals surface area contributed by atoms with Crippen LogP contribution in [0.4, 0.5) is 4.39 Å². The Labute approximate surface area is 115 Å². The van der Waals surface area contributed by atoms with E-state index in [0.717, 1.165) is 15.6 Å². The number of nitrogens with one attached hydrogen (secondary N) is 1. The van der Waals surface area contributed by atoms with E-state index in [1.54, 1.807) is 6.07 Å². The van der Waals surface area contributed by atoms with Crippen molar-refractivity contribution in [3.05, 3.63) is 34.5 Å². The van der Waals surface area contributed by atoms with Gasteiger partial charge in [-0.15, -0.1) is 11.3 Å². The minimum atomic E-state index is -0.452. The van der Waals surface area contributed by atoms with Crippen LogP contribution in [-0.4, -0.2) is 18.0 Å². The lowest BCUT2D eigenvalue weighted by Gasteiger charge is -2.18. The Morgan fingerprint density at radius 2 is 2.16 bits per heavy atom. The molecule has 0 fully saturated rings. The molecular weight excluding hydrogens is 263 g/mol. The molecule has 0 aliphatic heterocycles. The number of amides is 1. The second kappa shape index (κ2) is 4.90. The predicted octanol–water partition coefficient (Wildman–Crippen LogP) is 2.82. The molecule has 0 radical (unpaired) electrons. The number of hydrogen-bond acceptors (Lipinski definition) is 3. The maximum Gasteiger partial charge on any atom is 0.261 e. The topological polar surface area (TPSA) is 55.1 Å². The summed E-state index contributed by atoms with van der Waals surface area (Å²) < 4.78 is 14.1. The third kappa shape index (κ3) is 3.11. The van der Waals surface area contributed by atoms with Crippen LogP contribution >= 0.6 is 11.3 Å². The van der Waals surface area contributed by atoms with E-state index in [4.69, 9.17) is 5.73 Å². The third-order valence-electron chi connectivity index (χ3n) is 2.81. The van der Waals surface area contributed by atoms with E-state index in [2.05, 4.69) is 5.32 Å². The Morgan fingerprint density at radius 1 is 1.47 bits per heavy atom. The van der Waals surface area contributed by atoms with E-state index < -0.39 is 5.54 Å². The van der Waals surface area contributed by atoms with Crippen LogP contribution < -0.4 is 11.1 Å². The molecule has 3 nitrogen and oxygen atoms in total. The molecule has 1 amide bonds. The van der Waals surface area contributed by atoms with E-state index in [9.17, 15) is 9.18 Å². The largest absolute Gasteiger partial charge is 0.350 e. The van der Waals surface area contributed by atoms with Gasteiger partial charge in [-0.1, -0.05) is 0 Å². The molecule has 1 aromatic heterocycles. The lowest BCUT2D eigenvalue weighted by atomic mass is 10.1. The van der Waals surface area contributed by atoms with Crippen LogP contribution in [0.15, 0.2) is 18.2 Å². The SMILES string of the molecule is Cc1c(C(=O)NCC(C)(C)N)sc2ccc(F)cc12. The van der Waals surface area contributed by atoms with Crippen molar-refractivity contribution < 1.29 is 9.18 Å². The number of carbonyl (C=O) groups excluding carboxylic acids is 1. The molecule has 0 saturated heterocycles. The Morgan fingerprint density at radius 3 is 2.79 bits per heavy atom. The molecule has 0 atom stereocenters. The lowest BCUT2D eigenvalue weighted by molar-refractivity contribution is 0.0949. The summed E-state index contributed by atoms with van der Waals surface area (Å²) in [7, 11) is 0. The fourth-order valence-electron chi connectivity index (χ4n) is 1.80. The van der Waals surface area contributed by atoms with Gasteiger partial charge in [0, 0.05) is 16.8 Å². The van der Waals surface area contributed by atoms with E-state index in [1.807, 2.05) is 20.8 Å². The van der Waals surface area contributed by atoms with Crippen molar-refractivity contribution in [2.24, 2.45) is 5.73 Å². The number of halogens is 1. The fourth-order valence-corrected chi connectivity index (χ4v) is 2.90. The first-order valence-electron chi connectivity index (χ1n) is 6.04. The summed E-state index contributed by atoms with van der Waals surface area (Å²) in [6.07, 6.45) is 0. The molecule has 0 bridgehead atoms. The van der Waals surface area contributed by atoms with Gasteiger partial charge in [-0.3, -0.25) is 4.79 Å². The van der Waals surface area contributed by atoms with Crippen molar-refractivity contribution in [3.8, 4) is 0 Å². The summed E-state index contributed by atoms with van der Waals surface area (Å²) >= 11 is 1.37. The van der Waals surface area contributed by atoms with Gasteiger partial charge < -0.3 is 11.1 Å². The van der Waals surface area contributed by atoms with Gasteiger partial charge >= 0.3 is 0 Å². The smallest absolute Gasteiger partial charge is 0.261 e. The Kier molecular flexibility index (Phi) is 3.60. The molecule has 3 N–H and O–H groups in total. The van der Waals surface area contributed by atoms with Crippen LogP contribution in [0, 0.1) is 12.7 Å². The minimum absolute atomic E-state index is 0.155. The number of aryl methyl sites for hydroxylation is 1. The second-order valence-electron chi connectivity index (χ2n) is 5.37. The highest BCUT2D eigenvalue weighted by Gasteiger charge is 2.18. The number of carbonyl (C=O) groups is 1. The zero-order valence-electron chi connectivity index (χ0n) is 11.2. The summed E-state index contributed by atoms with van der Waals surface area (Å²) in [5, 5.41) is 3.60. The molecule has 1 heterocycles. The molecule has 0 spiro atoms. The molecule has 0 aliphatic carbocycles. The van der Waals surface area contributed by atoms with Crippen LogP contribution in [0.3, 0.4) is 0 Å². The van der Waals surface area contributed by atoms with Gasteiger partial charge in [0.05, 0.1) is 4.88 Å². The fraction of sp³-hybridized carbons (Fsp3) is 0.357. The van der Waals surface area contributed by atoms with E-state index in [0.29, 0.717) is 11.4 Å². The number of nitrogens with two attached hydrogens (primary N) is 1. The summed E-state index contributed by atoms with van der Waals surface area (Å²) in [6, 6.07) is 4.57. The molecule has 0 unspecified atom stereocenters. The number of fused-ring (bicyclic) bond motifs is 1. The third-order valence-corrected chi connectivity index (χ3v) is 4.08. The van der Waals surface area contributed by atoms with Crippen LogP contribution in [0.2, 0.25) is 0 Å². The quantitative estimate of drug-likeness (QED) is 0.908. The normalized spacial score (nSPS) is 11.8. The highest BCUT2D eigenvalue weighted by atomic mass is 32.1. The van der Waals surface area contributed by atoms with Crippen molar-refractivity contribution in [1.82, 2.24) is 5.32 Å². The Bertz CT molecular complexity index is 628. The monoisotopic (exact) mass is 280 g/mol. The first-order valence-corrected chi connectivity index (χ1v) is 6.85. The van der Waals surface area contributed by atoms with Gasteiger partial charge in [-0.25, -0.2) is 4.39 Å². The summed E-state index contributed by atoms with van der Waals surface area (Å²) in [4.78, 5) is 12.7. The van der Waals surface area contributed by atoms with Crippen LogP contribution in [-0.2, 0) is 0 Å². The summed E-state index contributed by atoms with van der Waals surface area (Å²) in [5.41, 5.74) is 6.19.